The molecule has 2 heterocycles. The number of carbonyl (C=O) groups excluding carboxylic acids is 2. The molecule has 0 amide bonds. The Bertz CT molecular complexity index is 967. The fraction of sp³-hybridized carbons (Fsp3) is 0.857. The molecule has 4 N–H and O–H groups in total. The Morgan fingerprint density at radius 3 is 2.57 bits per heavy atom. The molecular weight excluding hydrogens is 480 g/mol. The van der Waals surface area contributed by atoms with Crippen LogP contribution >= 0.6 is 0 Å². The van der Waals surface area contributed by atoms with Gasteiger partial charge in [0, 0.05) is 16.9 Å². The van der Waals surface area contributed by atoms with Crippen LogP contribution in [0.4, 0.5) is 0 Å². The average molecular weight is 521 g/mol. The van der Waals surface area contributed by atoms with Gasteiger partial charge < -0.3 is 39.4 Å². The van der Waals surface area contributed by atoms with Crippen molar-refractivity contribution in [2.75, 3.05) is 13.2 Å². The zero-order chi connectivity index (χ0) is 26.2. The predicted molar refractivity (Wildman–Crippen MR) is 129 cm³/mol. The van der Waals surface area contributed by atoms with E-state index in [9.17, 15) is 30.0 Å². The Hall–Kier alpha value is -1.36. The molecule has 0 bridgehead atoms. The molecule has 0 aromatic rings. The summed E-state index contributed by atoms with van der Waals surface area (Å²) in [6, 6.07) is 0. The van der Waals surface area contributed by atoms with Gasteiger partial charge in [0.05, 0.1) is 18.3 Å². The monoisotopic (exact) mass is 520 g/mol. The minimum absolute atomic E-state index is 0.0360. The first kappa shape index (κ1) is 25.9. The van der Waals surface area contributed by atoms with Crippen molar-refractivity contribution in [2.45, 2.75) is 101 Å². The lowest BCUT2D eigenvalue weighted by molar-refractivity contribution is -0.290. The lowest BCUT2D eigenvalue weighted by atomic mass is 9.43. The van der Waals surface area contributed by atoms with E-state index in [2.05, 4.69) is 6.92 Å². The summed E-state index contributed by atoms with van der Waals surface area (Å²) >= 11 is 0. The number of esters is 1. The highest BCUT2D eigenvalue weighted by Crippen LogP contribution is 2.69. The highest BCUT2D eigenvalue weighted by atomic mass is 16.7. The van der Waals surface area contributed by atoms with Gasteiger partial charge >= 0.3 is 5.97 Å². The summed E-state index contributed by atoms with van der Waals surface area (Å²) in [5, 5.41) is 42.4. The molecule has 12 atom stereocenters. The van der Waals surface area contributed by atoms with Crippen molar-refractivity contribution in [3.05, 3.63) is 11.6 Å². The number of hydrogen-bond donors (Lipinski definition) is 4. The van der Waals surface area contributed by atoms with E-state index in [-0.39, 0.29) is 47.8 Å². The highest BCUT2D eigenvalue weighted by molar-refractivity contribution is 5.85. The molecule has 5 fully saturated rings. The summed E-state index contributed by atoms with van der Waals surface area (Å²) in [5.74, 6) is 0.0861. The van der Waals surface area contributed by atoms with Crippen molar-refractivity contribution < 1.29 is 44.2 Å². The number of aliphatic hydroxyl groups excluding tert-OH is 3. The molecule has 4 aliphatic carbocycles. The maximum atomic E-state index is 12.9. The fourth-order valence-electron chi connectivity index (χ4n) is 9.51. The van der Waals surface area contributed by atoms with Crippen LogP contribution in [-0.2, 0) is 23.8 Å². The van der Waals surface area contributed by atoms with E-state index < -0.39 is 35.6 Å². The van der Waals surface area contributed by atoms with Crippen LogP contribution in [0, 0.1) is 34.5 Å². The van der Waals surface area contributed by atoms with E-state index in [4.69, 9.17) is 14.2 Å². The van der Waals surface area contributed by atoms with Crippen LogP contribution in [0.2, 0.25) is 0 Å². The lowest BCUT2D eigenvalue weighted by Crippen LogP contribution is -2.63. The quantitative estimate of drug-likeness (QED) is 0.245. The number of aldehydes is 1. The van der Waals surface area contributed by atoms with Gasteiger partial charge in [0.2, 0.25) is 0 Å². The molecule has 1 saturated heterocycles. The van der Waals surface area contributed by atoms with Crippen molar-refractivity contribution in [1.82, 2.24) is 0 Å². The van der Waals surface area contributed by atoms with Crippen LogP contribution in [0.25, 0.3) is 0 Å². The Balaban J connectivity index is 1.19. The van der Waals surface area contributed by atoms with Gasteiger partial charge in [0.1, 0.15) is 31.2 Å². The number of fused-ring (bicyclic) bond motifs is 5. The first-order chi connectivity index (χ1) is 17.6. The van der Waals surface area contributed by atoms with E-state index in [0.29, 0.717) is 32.3 Å². The molecule has 4 saturated carbocycles. The SMILES string of the molecule is C[C@]12CC[C@H]3[C@@H](CCC4C[C@@H](O[C@@H]5OC[C@@H](O)[C@H](O)[C@H]5O)CC[C@@]43C=O)[C@@]1(O)CC[C@@H]2C1=CC(=O)OC1. The van der Waals surface area contributed by atoms with Crippen LogP contribution in [0.1, 0.15) is 64.7 Å². The molecule has 206 valence electrons. The third-order valence-corrected chi connectivity index (χ3v) is 11.5. The Kier molecular flexibility index (Phi) is 6.37. The minimum atomic E-state index is -1.33. The zero-order valence-corrected chi connectivity index (χ0v) is 21.5. The molecule has 0 spiro atoms. The van der Waals surface area contributed by atoms with Crippen molar-refractivity contribution in [2.24, 2.45) is 34.5 Å². The second kappa shape index (κ2) is 9.10. The van der Waals surface area contributed by atoms with Crippen LogP contribution in [0.3, 0.4) is 0 Å². The van der Waals surface area contributed by atoms with Gasteiger partial charge in [0.15, 0.2) is 6.29 Å². The Morgan fingerprint density at radius 2 is 1.84 bits per heavy atom. The van der Waals surface area contributed by atoms with E-state index in [1.807, 2.05) is 0 Å². The van der Waals surface area contributed by atoms with Crippen molar-refractivity contribution >= 4 is 12.3 Å². The second-order valence-electron chi connectivity index (χ2n) is 12.8. The molecule has 9 nitrogen and oxygen atoms in total. The molecule has 6 aliphatic rings. The van der Waals surface area contributed by atoms with Crippen LogP contribution in [-0.4, -0.2) is 82.2 Å². The summed E-state index contributed by atoms with van der Waals surface area (Å²) in [5.41, 5.74) is -0.724. The molecule has 0 radical (unpaired) electrons. The molecule has 9 heteroatoms. The summed E-state index contributed by atoms with van der Waals surface area (Å²) in [6.07, 6.45) is 4.60. The number of ether oxygens (including phenoxy) is 3. The number of aliphatic hydroxyl groups is 4. The molecule has 1 unspecified atom stereocenters. The number of hydrogen-bond acceptors (Lipinski definition) is 9. The molecule has 0 aromatic heterocycles. The number of rotatable bonds is 4. The summed E-state index contributed by atoms with van der Waals surface area (Å²) in [6.45, 7) is 2.40. The summed E-state index contributed by atoms with van der Waals surface area (Å²) in [4.78, 5) is 24.6. The topological polar surface area (TPSA) is 143 Å². The maximum Gasteiger partial charge on any atom is 0.331 e. The van der Waals surface area contributed by atoms with E-state index in [1.165, 1.54) is 6.29 Å². The van der Waals surface area contributed by atoms with Gasteiger partial charge in [-0.15, -0.1) is 0 Å². The summed E-state index contributed by atoms with van der Waals surface area (Å²) in [7, 11) is 0. The fourth-order valence-corrected chi connectivity index (χ4v) is 9.51. The van der Waals surface area contributed by atoms with Gasteiger partial charge in [-0.3, -0.25) is 0 Å². The van der Waals surface area contributed by atoms with Gasteiger partial charge in [-0.05, 0) is 87.0 Å². The van der Waals surface area contributed by atoms with E-state index in [1.54, 1.807) is 6.08 Å². The van der Waals surface area contributed by atoms with Gasteiger partial charge in [-0.25, -0.2) is 4.79 Å². The number of cyclic esters (lactones) is 1. The molecule has 0 aromatic carbocycles. The summed E-state index contributed by atoms with van der Waals surface area (Å²) < 4.78 is 16.7. The molecule has 37 heavy (non-hydrogen) atoms. The molecule has 2 aliphatic heterocycles. The molecule has 6 rings (SSSR count). The van der Waals surface area contributed by atoms with Crippen LogP contribution < -0.4 is 0 Å². The maximum absolute atomic E-state index is 12.9. The van der Waals surface area contributed by atoms with Crippen molar-refractivity contribution in [1.29, 1.82) is 0 Å². The normalized spacial score (nSPS) is 53.5. The van der Waals surface area contributed by atoms with Gasteiger partial charge in [-0.1, -0.05) is 6.92 Å². The molecular formula is C28H40O9. The Morgan fingerprint density at radius 1 is 1.03 bits per heavy atom. The predicted octanol–water partition coefficient (Wildman–Crippen LogP) is 1.25. The first-order valence-electron chi connectivity index (χ1n) is 14.0. The van der Waals surface area contributed by atoms with E-state index >= 15 is 0 Å². The largest absolute Gasteiger partial charge is 0.458 e. The number of carbonyl (C=O) groups is 2. The van der Waals surface area contributed by atoms with Crippen LogP contribution in [0.5, 0.6) is 0 Å². The average Bonchev–Trinajstić information content (AvgIpc) is 3.43. The zero-order valence-electron chi connectivity index (χ0n) is 21.5. The lowest BCUT2D eigenvalue weighted by Gasteiger charge is -2.63. The third-order valence-electron chi connectivity index (χ3n) is 11.5. The smallest absolute Gasteiger partial charge is 0.331 e. The van der Waals surface area contributed by atoms with Crippen molar-refractivity contribution in [3.63, 3.8) is 0 Å². The minimum Gasteiger partial charge on any atom is -0.458 e. The van der Waals surface area contributed by atoms with E-state index in [0.717, 1.165) is 37.7 Å². The van der Waals surface area contributed by atoms with Gasteiger partial charge in [-0.2, -0.15) is 0 Å². The van der Waals surface area contributed by atoms with Crippen LogP contribution in [0.15, 0.2) is 11.6 Å². The standard InChI is InChI=1S/C28H40O9/c1-26-7-5-19-20(28(26,34)9-6-18(26)15-10-22(31)35-12-15)3-2-16-11-17(4-8-27(16,19)14-29)37-25-24(33)23(32)21(30)13-36-25/h10,14,16-21,23-25,30,32-34H,2-9,11-13H2,1H3/t16?,17-,18+,19-,20+,21+,23-,24+,25-,26+,27+,28-/m0/s1. The van der Waals surface area contributed by atoms with Crippen molar-refractivity contribution in [3.8, 4) is 0 Å². The first-order valence-corrected chi connectivity index (χ1v) is 14.0. The second-order valence-corrected chi connectivity index (χ2v) is 12.8. The Labute approximate surface area is 217 Å². The highest BCUT2D eigenvalue weighted by Gasteiger charge is 2.68. The van der Waals surface area contributed by atoms with Gasteiger partial charge in [0.25, 0.3) is 0 Å². The third kappa shape index (κ3) is 3.72.